The second-order valence-electron chi connectivity index (χ2n) is 5.16. The summed E-state index contributed by atoms with van der Waals surface area (Å²) in [6, 6.07) is 17.9. The van der Waals surface area contributed by atoms with Gasteiger partial charge in [-0.1, -0.05) is 62.4 Å². The minimum atomic E-state index is -0.613. The van der Waals surface area contributed by atoms with Gasteiger partial charge >= 0.3 is 0 Å². The Balaban J connectivity index is 0.000000847. The van der Waals surface area contributed by atoms with Gasteiger partial charge in [0.15, 0.2) is 0 Å². The third kappa shape index (κ3) is 2.77. The lowest BCUT2D eigenvalue weighted by Crippen LogP contribution is -2.29. The van der Waals surface area contributed by atoms with Crippen molar-refractivity contribution in [1.29, 1.82) is 0 Å². The van der Waals surface area contributed by atoms with E-state index in [2.05, 4.69) is 0 Å². The molecule has 0 N–H and O–H groups in total. The lowest BCUT2D eigenvalue weighted by Gasteiger charge is -2.30. The maximum Gasteiger partial charge on any atom is 0.252 e. The van der Waals surface area contributed by atoms with Gasteiger partial charge in [0, 0.05) is 18.3 Å². The van der Waals surface area contributed by atoms with Crippen LogP contribution in [0.4, 0.5) is 5.69 Å². The van der Waals surface area contributed by atoms with Crippen molar-refractivity contribution in [3.8, 4) is 0 Å². The molecule has 0 aromatic heterocycles. The fraction of sp³-hybridized carbons (Fsp3) is 0.316. The van der Waals surface area contributed by atoms with Crippen molar-refractivity contribution in [2.24, 2.45) is 0 Å². The number of fused-ring (bicyclic) bond motifs is 1. The van der Waals surface area contributed by atoms with Crippen molar-refractivity contribution in [2.45, 2.75) is 26.4 Å². The summed E-state index contributed by atoms with van der Waals surface area (Å²) in [7, 11) is 1.79. The first-order valence-corrected chi connectivity index (χ1v) is 7.68. The molecule has 116 valence electrons. The summed E-state index contributed by atoms with van der Waals surface area (Å²) in [5, 5.41) is 0. The zero-order chi connectivity index (χ0) is 16.2. The van der Waals surface area contributed by atoms with E-state index in [0.29, 0.717) is 0 Å². The standard InChI is InChI=1S/C17H17NO2.C2H6/c1-17(13-8-4-3-5-9-13)14-10-6-7-11-15(14)18(2)16(19)12-20-17;1-2/h3-11H,12H2,1-2H3;1-2H3. The van der Waals surface area contributed by atoms with E-state index < -0.39 is 5.60 Å². The number of carbonyl (C=O) groups excluding carboxylic acids is 1. The number of rotatable bonds is 1. The van der Waals surface area contributed by atoms with Crippen LogP contribution in [0.5, 0.6) is 0 Å². The molecule has 1 unspecified atom stereocenters. The summed E-state index contributed by atoms with van der Waals surface area (Å²) in [6.45, 7) is 6.10. The van der Waals surface area contributed by atoms with Crippen molar-refractivity contribution in [1.82, 2.24) is 0 Å². The number of benzene rings is 2. The molecular weight excluding hydrogens is 274 g/mol. The Morgan fingerprint density at radius 2 is 1.59 bits per heavy atom. The zero-order valence-electron chi connectivity index (χ0n) is 13.7. The average Bonchev–Trinajstić information content (AvgIpc) is 2.69. The van der Waals surface area contributed by atoms with Crippen LogP contribution < -0.4 is 4.90 Å². The Morgan fingerprint density at radius 3 is 2.27 bits per heavy atom. The van der Waals surface area contributed by atoms with Gasteiger partial charge in [-0.25, -0.2) is 0 Å². The van der Waals surface area contributed by atoms with E-state index in [1.807, 2.05) is 75.4 Å². The number of carbonyl (C=O) groups is 1. The summed E-state index contributed by atoms with van der Waals surface area (Å²) >= 11 is 0. The predicted octanol–water partition coefficient (Wildman–Crippen LogP) is 3.97. The number of ether oxygens (including phenoxy) is 1. The highest BCUT2D eigenvalue weighted by atomic mass is 16.5. The fourth-order valence-electron chi connectivity index (χ4n) is 2.68. The summed E-state index contributed by atoms with van der Waals surface area (Å²) in [6.07, 6.45) is 0. The van der Waals surface area contributed by atoms with Gasteiger partial charge in [0.25, 0.3) is 5.91 Å². The molecule has 1 heterocycles. The summed E-state index contributed by atoms with van der Waals surface area (Å²) < 4.78 is 5.99. The Morgan fingerprint density at radius 1 is 1.00 bits per heavy atom. The molecule has 1 atom stereocenters. The van der Waals surface area contributed by atoms with Crippen LogP contribution in [0, 0.1) is 0 Å². The molecule has 0 fully saturated rings. The van der Waals surface area contributed by atoms with E-state index in [4.69, 9.17) is 4.74 Å². The van der Waals surface area contributed by atoms with Crippen molar-refractivity contribution < 1.29 is 9.53 Å². The van der Waals surface area contributed by atoms with E-state index in [-0.39, 0.29) is 12.5 Å². The molecule has 3 heteroatoms. The molecule has 0 saturated carbocycles. The molecule has 1 aliphatic heterocycles. The third-order valence-corrected chi connectivity index (χ3v) is 3.96. The number of amides is 1. The molecule has 0 spiro atoms. The smallest absolute Gasteiger partial charge is 0.252 e. The van der Waals surface area contributed by atoms with Crippen LogP contribution in [0.2, 0.25) is 0 Å². The number of likely N-dealkylation sites (N-methyl/N-ethyl adjacent to an activating group) is 1. The van der Waals surface area contributed by atoms with Crippen LogP contribution in [0.25, 0.3) is 0 Å². The normalized spacial score (nSPS) is 20.5. The van der Waals surface area contributed by atoms with Gasteiger partial charge in [-0.05, 0) is 18.6 Å². The Labute approximate surface area is 132 Å². The monoisotopic (exact) mass is 297 g/mol. The van der Waals surface area contributed by atoms with Crippen LogP contribution in [0.1, 0.15) is 31.9 Å². The highest BCUT2D eigenvalue weighted by Gasteiger charge is 2.37. The summed E-state index contributed by atoms with van der Waals surface area (Å²) in [4.78, 5) is 13.8. The number of hydrogen-bond donors (Lipinski definition) is 0. The van der Waals surface area contributed by atoms with Crippen molar-refractivity contribution in [3.05, 3.63) is 65.7 Å². The van der Waals surface area contributed by atoms with Crippen molar-refractivity contribution in [2.75, 3.05) is 18.6 Å². The number of nitrogens with zero attached hydrogens (tertiary/aromatic N) is 1. The van der Waals surface area contributed by atoms with E-state index in [9.17, 15) is 4.79 Å². The summed E-state index contributed by atoms with van der Waals surface area (Å²) in [5.74, 6) is -0.0305. The molecule has 2 aromatic rings. The highest BCUT2D eigenvalue weighted by molar-refractivity contribution is 5.95. The number of para-hydroxylation sites is 1. The first-order valence-electron chi connectivity index (χ1n) is 7.68. The lowest BCUT2D eigenvalue weighted by atomic mass is 9.87. The van der Waals surface area contributed by atoms with Crippen LogP contribution >= 0.6 is 0 Å². The molecule has 1 amide bonds. The molecule has 1 aliphatic rings. The fourth-order valence-corrected chi connectivity index (χ4v) is 2.68. The van der Waals surface area contributed by atoms with E-state index in [1.54, 1.807) is 11.9 Å². The topological polar surface area (TPSA) is 29.5 Å². The summed E-state index contributed by atoms with van der Waals surface area (Å²) in [5.41, 5.74) is 2.36. The zero-order valence-corrected chi connectivity index (χ0v) is 13.7. The quantitative estimate of drug-likeness (QED) is 0.797. The molecule has 2 aromatic carbocycles. The molecule has 0 radical (unpaired) electrons. The molecule has 0 saturated heterocycles. The highest BCUT2D eigenvalue weighted by Crippen LogP contribution is 2.40. The van der Waals surface area contributed by atoms with Crippen molar-refractivity contribution >= 4 is 11.6 Å². The second kappa shape index (κ2) is 6.75. The maximum atomic E-state index is 12.1. The molecule has 0 bridgehead atoms. The lowest BCUT2D eigenvalue weighted by molar-refractivity contribution is -0.126. The minimum Gasteiger partial charge on any atom is -0.356 e. The molecule has 0 aliphatic carbocycles. The van der Waals surface area contributed by atoms with Crippen LogP contribution in [-0.2, 0) is 15.1 Å². The van der Waals surface area contributed by atoms with Gasteiger partial charge in [-0.3, -0.25) is 4.79 Å². The SMILES string of the molecule is CC.CN1C(=O)COC(C)(c2ccccc2)c2ccccc21. The van der Waals surface area contributed by atoms with Gasteiger partial charge in [0.2, 0.25) is 0 Å². The van der Waals surface area contributed by atoms with Gasteiger partial charge in [0.05, 0.1) is 0 Å². The van der Waals surface area contributed by atoms with Crippen LogP contribution in [0.3, 0.4) is 0 Å². The second-order valence-corrected chi connectivity index (χ2v) is 5.16. The van der Waals surface area contributed by atoms with Gasteiger partial charge < -0.3 is 9.64 Å². The Hall–Kier alpha value is -2.13. The maximum absolute atomic E-state index is 12.1. The number of anilines is 1. The predicted molar refractivity (Wildman–Crippen MR) is 90.0 cm³/mol. The van der Waals surface area contributed by atoms with E-state index in [1.165, 1.54) is 0 Å². The molecule has 22 heavy (non-hydrogen) atoms. The Kier molecular flexibility index (Phi) is 4.99. The largest absolute Gasteiger partial charge is 0.356 e. The van der Waals surface area contributed by atoms with Crippen molar-refractivity contribution in [3.63, 3.8) is 0 Å². The number of hydrogen-bond acceptors (Lipinski definition) is 2. The average molecular weight is 297 g/mol. The van der Waals surface area contributed by atoms with E-state index in [0.717, 1.165) is 16.8 Å². The third-order valence-electron chi connectivity index (χ3n) is 3.96. The Bertz CT molecular complexity index is 639. The van der Waals surface area contributed by atoms with Crippen LogP contribution in [0.15, 0.2) is 54.6 Å². The van der Waals surface area contributed by atoms with E-state index >= 15 is 0 Å². The molecule has 3 rings (SSSR count). The van der Waals surface area contributed by atoms with Gasteiger partial charge in [-0.15, -0.1) is 0 Å². The minimum absolute atomic E-state index is 0.0305. The first kappa shape index (κ1) is 16.2. The van der Waals surface area contributed by atoms with Crippen LogP contribution in [-0.4, -0.2) is 19.6 Å². The molecular formula is C19H23NO2. The molecule has 3 nitrogen and oxygen atoms in total. The first-order chi connectivity index (χ1) is 10.6. The van der Waals surface area contributed by atoms with Gasteiger partial charge in [-0.2, -0.15) is 0 Å². The van der Waals surface area contributed by atoms with Gasteiger partial charge in [0.1, 0.15) is 12.2 Å².